The maximum absolute atomic E-state index is 4.58. The molecule has 0 heterocycles. The van der Waals surface area contributed by atoms with Crippen LogP contribution in [0.1, 0.15) is 280 Å². The SMILES string of the molecule is CC(C)(C)c1cc(Nc2c3ccccc3c(Nc3cc(C(C)(C)C)cc(C(C)(C)C)c3)c3c(-c4cc(C5CC6CC5C5CCCC65)cc(C5CC6CC5C5CCCC65)c4)c(-c4ccccc4)c(-c4cc(C5CC6CC5C5CCCC65)cc(C5CC6CC5C5CCCC65)c4)cc23)cc(C(C)(C)C)c1. The zero-order chi connectivity index (χ0) is 69.4. The van der Waals surface area contributed by atoms with Crippen LogP contribution in [0.25, 0.3) is 54.9 Å². The van der Waals surface area contributed by atoms with E-state index in [1.165, 1.54) is 228 Å². The van der Waals surface area contributed by atoms with Gasteiger partial charge in [-0.05, 0) is 345 Å². The van der Waals surface area contributed by atoms with E-state index >= 15 is 0 Å². The second-order valence-electron chi connectivity index (χ2n) is 41.4. The van der Waals surface area contributed by atoms with Gasteiger partial charge in [0.1, 0.15) is 0 Å². The van der Waals surface area contributed by atoms with E-state index in [1.54, 1.807) is 22.3 Å². The van der Waals surface area contributed by atoms with Crippen LogP contribution in [0.15, 0.2) is 133 Å². The molecule has 102 heavy (non-hydrogen) atoms. The van der Waals surface area contributed by atoms with Crippen molar-refractivity contribution in [3.8, 4) is 33.4 Å². The first-order valence-corrected chi connectivity index (χ1v) is 42.3. The van der Waals surface area contributed by atoms with Gasteiger partial charge in [-0.1, -0.05) is 212 Å². The smallest absolute Gasteiger partial charge is 0.0551 e. The Morgan fingerprint density at radius 2 is 0.608 bits per heavy atom. The molecule has 0 saturated heterocycles. The molecule has 2 N–H and O–H groups in total. The number of fused-ring (bicyclic) bond motifs is 22. The first-order valence-electron chi connectivity index (χ1n) is 42.3. The van der Waals surface area contributed by atoms with Crippen LogP contribution >= 0.6 is 0 Å². The van der Waals surface area contributed by atoms with Gasteiger partial charge in [0.15, 0.2) is 0 Å². The number of nitrogens with one attached hydrogen (secondary N) is 2. The van der Waals surface area contributed by atoms with Crippen molar-refractivity contribution >= 4 is 44.3 Å². The summed E-state index contributed by atoms with van der Waals surface area (Å²) in [4.78, 5) is 0. The molecule has 0 spiro atoms. The van der Waals surface area contributed by atoms with Gasteiger partial charge in [0.05, 0.1) is 11.4 Å². The molecule has 0 aliphatic heterocycles. The Labute approximate surface area is 614 Å². The van der Waals surface area contributed by atoms with Crippen LogP contribution in [0.5, 0.6) is 0 Å². The Balaban J connectivity index is 0.921. The zero-order valence-electron chi connectivity index (χ0n) is 64.4. The fourth-order valence-corrected chi connectivity index (χ4v) is 27.8. The van der Waals surface area contributed by atoms with Crippen molar-refractivity contribution in [1.82, 2.24) is 0 Å². The summed E-state index contributed by atoms with van der Waals surface area (Å²) < 4.78 is 0. The summed E-state index contributed by atoms with van der Waals surface area (Å²) in [5.41, 5.74) is 25.5. The van der Waals surface area contributed by atoms with Crippen molar-refractivity contribution in [2.75, 3.05) is 10.6 Å². The second-order valence-corrected chi connectivity index (χ2v) is 41.4. The number of benzene rings is 8. The van der Waals surface area contributed by atoms with Crippen LogP contribution in [-0.4, -0.2) is 0 Å². The molecule has 0 aromatic heterocycles. The van der Waals surface area contributed by atoms with E-state index in [9.17, 15) is 0 Å². The highest BCUT2D eigenvalue weighted by molar-refractivity contribution is 6.27. The average Bonchev–Trinajstić information content (AvgIpc) is 1.22. The molecule has 12 aliphatic carbocycles. The van der Waals surface area contributed by atoms with Crippen molar-refractivity contribution in [2.45, 2.75) is 257 Å². The van der Waals surface area contributed by atoms with Crippen molar-refractivity contribution in [2.24, 2.45) is 94.7 Å². The molecule has 530 valence electrons. The molecule has 8 aromatic carbocycles. The fourth-order valence-electron chi connectivity index (χ4n) is 27.8. The molecule has 8 aromatic rings. The summed E-state index contributed by atoms with van der Waals surface area (Å²) in [5, 5.41) is 14.3. The van der Waals surface area contributed by atoms with E-state index in [0.29, 0.717) is 23.7 Å². The van der Waals surface area contributed by atoms with Crippen LogP contribution in [-0.2, 0) is 21.7 Å². The quantitative estimate of drug-likeness (QED) is 0.0996. The predicted octanol–water partition coefficient (Wildman–Crippen LogP) is 27.8. The van der Waals surface area contributed by atoms with Crippen LogP contribution in [0.2, 0.25) is 0 Å². The van der Waals surface area contributed by atoms with E-state index in [1.807, 2.05) is 0 Å². The summed E-state index contributed by atoms with van der Waals surface area (Å²) in [5.74, 6) is 16.7. The zero-order valence-corrected chi connectivity index (χ0v) is 64.4. The minimum Gasteiger partial charge on any atom is -0.354 e. The summed E-state index contributed by atoms with van der Waals surface area (Å²) in [6.07, 6.45) is 28.8. The van der Waals surface area contributed by atoms with Crippen LogP contribution in [0.4, 0.5) is 22.7 Å². The van der Waals surface area contributed by atoms with Crippen molar-refractivity contribution < 1.29 is 0 Å². The van der Waals surface area contributed by atoms with Gasteiger partial charge in [-0.2, -0.15) is 0 Å². The maximum Gasteiger partial charge on any atom is 0.0551 e. The van der Waals surface area contributed by atoms with Gasteiger partial charge in [0.2, 0.25) is 0 Å². The third-order valence-electron chi connectivity index (χ3n) is 32.2. The standard InChI is InChI=1S/C100H120N2/c1-97(2,3)66-48-67(98(4,5)6)51-70(50-66)101-95-80-24-16-17-25-81(80)96(102-71-52-68(99(7,8)9)49-69(53-71)100(10,11)12)94-91(95)54-86(60-36-56(82-40-61-44-87(82)76-30-18-26-72(61)76)34-57(37-60)83-41-62-45-88(83)77-31-19-27-73(62)77)92(55-22-14-13-15-23-55)93(94)65-38-58(84-42-63-46-89(84)78-32-20-28-74(63)78)35-59(39-65)85-43-64-47-90(85)79-33-21-29-75(64)79/h13-17,22-25,34-39,48-54,61-64,72-79,82-85,87-90,101-102H,18-21,26-33,40-47H2,1-12H3. The highest BCUT2D eigenvalue weighted by Crippen LogP contribution is 2.69. The Bertz CT molecular complexity index is 4460. The molecule has 12 aliphatic rings. The Kier molecular flexibility index (Phi) is 15.2. The van der Waals surface area contributed by atoms with E-state index < -0.39 is 0 Å². The number of hydrogen-bond acceptors (Lipinski definition) is 2. The molecule has 2 heteroatoms. The Morgan fingerprint density at radius 1 is 0.275 bits per heavy atom. The predicted molar refractivity (Wildman–Crippen MR) is 431 cm³/mol. The van der Waals surface area contributed by atoms with Gasteiger partial charge in [0, 0.05) is 38.5 Å². The van der Waals surface area contributed by atoms with E-state index in [0.717, 1.165) is 94.7 Å². The first kappa shape index (κ1) is 65.4. The number of rotatable bonds is 11. The van der Waals surface area contributed by atoms with Gasteiger partial charge in [-0.25, -0.2) is 0 Å². The average molecular weight is 1350 g/mol. The highest BCUT2D eigenvalue weighted by atomic mass is 14.9. The molecule has 20 rings (SSSR count). The molecule has 2 nitrogen and oxygen atoms in total. The molecule has 8 bridgehead atoms. The summed E-state index contributed by atoms with van der Waals surface area (Å²) in [7, 11) is 0. The first-order chi connectivity index (χ1) is 49.0. The highest BCUT2D eigenvalue weighted by Gasteiger charge is 2.58. The van der Waals surface area contributed by atoms with Gasteiger partial charge in [0.25, 0.3) is 0 Å². The monoisotopic (exact) mass is 1350 g/mol. The summed E-state index contributed by atoms with van der Waals surface area (Å²) >= 11 is 0. The number of hydrogen-bond donors (Lipinski definition) is 2. The Morgan fingerprint density at radius 3 is 0.980 bits per heavy atom. The molecule has 12 saturated carbocycles. The molecule has 12 fully saturated rings. The lowest BCUT2D eigenvalue weighted by Gasteiger charge is -2.35. The second kappa shape index (κ2) is 23.7. The molecule has 20 atom stereocenters. The van der Waals surface area contributed by atoms with Crippen molar-refractivity contribution in [3.63, 3.8) is 0 Å². The normalized spacial score (nSPS) is 33.9. The van der Waals surface area contributed by atoms with E-state index in [2.05, 4.69) is 227 Å². The third kappa shape index (κ3) is 10.6. The Hall–Kier alpha value is -6.12. The molecule has 0 amide bonds. The van der Waals surface area contributed by atoms with Gasteiger partial charge in [-0.15, -0.1) is 0 Å². The topological polar surface area (TPSA) is 24.1 Å². The fraction of sp³-hybridized carbons (Fsp3) is 0.560. The number of anilines is 4. The lowest BCUT2D eigenvalue weighted by atomic mass is 9.69. The molecular weight excluding hydrogens is 1230 g/mol. The van der Waals surface area contributed by atoms with Gasteiger partial charge < -0.3 is 10.6 Å². The van der Waals surface area contributed by atoms with Gasteiger partial charge in [-0.3, -0.25) is 0 Å². The maximum atomic E-state index is 4.58. The van der Waals surface area contributed by atoms with Crippen molar-refractivity contribution in [1.29, 1.82) is 0 Å². The third-order valence-corrected chi connectivity index (χ3v) is 32.2. The molecular formula is C100H120N2. The van der Waals surface area contributed by atoms with Crippen molar-refractivity contribution in [3.05, 3.63) is 178 Å². The van der Waals surface area contributed by atoms with E-state index in [-0.39, 0.29) is 21.7 Å². The summed E-state index contributed by atoms with van der Waals surface area (Å²) in [6.45, 7) is 29.0. The lowest BCUT2D eigenvalue weighted by Crippen LogP contribution is -2.24. The van der Waals surface area contributed by atoms with E-state index in [4.69, 9.17) is 0 Å². The minimum atomic E-state index is -0.0576. The van der Waals surface area contributed by atoms with Crippen LogP contribution in [0, 0.1) is 94.7 Å². The molecule has 0 radical (unpaired) electrons. The van der Waals surface area contributed by atoms with Gasteiger partial charge >= 0.3 is 0 Å². The minimum absolute atomic E-state index is 0.0521. The lowest BCUT2D eigenvalue weighted by molar-refractivity contribution is 0.229. The van der Waals surface area contributed by atoms with Crippen LogP contribution < -0.4 is 10.6 Å². The summed E-state index contributed by atoms with van der Waals surface area (Å²) in [6, 6.07) is 57.0. The van der Waals surface area contributed by atoms with Crippen LogP contribution in [0.3, 0.4) is 0 Å². The largest absolute Gasteiger partial charge is 0.354 e. The molecule has 20 unspecified atom stereocenters.